The van der Waals surface area contributed by atoms with Crippen LogP contribution in [0.5, 0.6) is 0 Å². The number of rotatable bonds is 4. The smallest absolute Gasteiger partial charge is 0.337 e. The molecule has 0 aliphatic rings. The van der Waals surface area contributed by atoms with Gasteiger partial charge in [-0.15, -0.1) is 0 Å². The average molecular weight is 249 g/mol. The summed E-state index contributed by atoms with van der Waals surface area (Å²) in [6.45, 7) is 5.95. The van der Waals surface area contributed by atoms with Crippen molar-refractivity contribution in [3.63, 3.8) is 0 Å². The number of benzene rings is 1. The first-order chi connectivity index (χ1) is 8.39. The lowest BCUT2D eigenvalue weighted by Crippen LogP contribution is -2.42. The van der Waals surface area contributed by atoms with Crippen LogP contribution in [0.25, 0.3) is 0 Å². The third-order valence-corrected chi connectivity index (χ3v) is 2.90. The first-order valence-electron chi connectivity index (χ1n) is 5.90. The molecule has 0 atom stereocenters. The van der Waals surface area contributed by atoms with Crippen molar-refractivity contribution in [1.29, 1.82) is 0 Å². The van der Waals surface area contributed by atoms with E-state index >= 15 is 0 Å². The number of carbonyl (C=O) groups excluding carboxylic acids is 2. The van der Waals surface area contributed by atoms with Crippen LogP contribution in [0.1, 0.15) is 47.9 Å². The molecule has 0 fully saturated rings. The number of ether oxygens (including phenoxy) is 1. The summed E-state index contributed by atoms with van der Waals surface area (Å²) >= 11 is 0. The minimum absolute atomic E-state index is 0.140. The normalized spacial score (nSPS) is 10.9. The second-order valence-corrected chi connectivity index (χ2v) is 4.76. The lowest BCUT2D eigenvalue weighted by atomic mass is 10.0. The van der Waals surface area contributed by atoms with Crippen LogP contribution in [-0.2, 0) is 4.74 Å². The Kier molecular flexibility index (Phi) is 4.48. The van der Waals surface area contributed by atoms with E-state index in [0.717, 1.165) is 6.42 Å². The highest BCUT2D eigenvalue weighted by Gasteiger charge is 2.18. The highest BCUT2D eigenvalue weighted by molar-refractivity contribution is 5.96. The van der Waals surface area contributed by atoms with Gasteiger partial charge in [0.05, 0.1) is 12.7 Å². The summed E-state index contributed by atoms with van der Waals surface area (Å²) in [5.74, 6) is -0.547. The van der Waals surface area contributed by atoms with Gasteiger partial charge in [0.2, 0.25) is 0 Å². The standard InChI is InChI=1S/C14H19NO3/c1-5-14(2,3)15-12(16)10-6-8-11(9-7-10)13(17)18-4/h6-9H,5H2,1-4H3,(H,15,16). The van der Waals surface area contributed by atoms with Crippen LogP contribution in [-0.4, -0.2) is 24.5 Å². The highest BCUT2D eigenvalue weighted by atomic mass is 16.5. The molecule has 98 valence electrons. The van der Waals surface area contributed by atoms with Crippen molar-refractivity contribution in [1.82, 2.24) is 5.32 Å². The van der Waals surface area contributed by atoms with Crippen molar-refractivity contribution in [3.8, 4) is 0 Å². The van der Waals surface area contributed by atoms with E-state index in [9.17, 15) is 9.59 Å². The molecule has 1 amide bonds. The topological polar surface area (TPSA) is 55.4 Å². The van der Waals surface area contributed by atoms with Crippen molar-refractivity contribution in [2.75, 3.05) is 7.11 Å². The number of hydrogen-bond donors (Lipinski definition) is 1. The maximum absolute atomic E-state index is 11.9. The molecule has 0 radical (unpaired) electrons. The third-order valence-electron chi connectivity index (χ3n) is 2.90. The van der Waals surface area contributed by atoms with Crippen LogP contribution in [0.3, 0.4) is 0 Å². The number of nitrogens with one attached hydrogen (secondary N) is 1. The van der Waals surface area contributed by atoms with Crippen molar-refractivity contribution in [3.05, 3.63) is 35.4 Å². The fourth-order valence-corrected chi connectivity index (χ4v) is 1.34. The molecule has 1 rings (SSSR count). The molecule has 4 heteroatoms. The fourth-order valence-electron chi connectivity index (χ4n) is 1.34. The summed E-state index contributed by atoms with van der Waals surface area (Å²) in [5.41, 5.74) is 0.728. The molecule has 0 saturated carbocycles. The number of amides is 1. The van der Waals surface area contributed by atoms with E-state index in [1.165, 1.54) is 7.11 Å². The van der Waals surface area contributed by atoms with Gasteiger partial charge in [0.15, 0.2) is 0 Å². The van der Waals surface area contributed by atoms with Gasteiger partial charge < -0.3 is 10.1 Å². The average Bonchev–Trinajstić information content (AvgIpc) is 2.37. The molecule has 0 aromatic heterocycles. The quantitative estimate of drug-likeness (QED) is 0.834. The molecular weight excluding hydrogens is 230 g/mol. The fraction of sp³-hybridized carbons (Fsp3) is 0.429. The lowest BCUT2D eigenvalue weighted by molar-refractivity contribution is 0.0600. The molecule has 0 spiro atoms. The molecule has 0 aliphatic carbocycles. The number of esters is 1. The number of hydrogen-bond acceptors (Lipinski definition) is 3. The van der Waals surface area contributed by atoms with Crippen molar-refractivity contribution in [2.45, 2.75) is 32.7 Å². The maximum atomic E-state index is 11.9. The molecule has 0 aliphatic heterocycles. The molecule has 0 bridgehead atoms. The number of methoxy groups -OCH3 is 1. The molecule has 0 unspecified atom stereocenters. The second kappa shape index (κ2) is 5.67. The van der Waals surface area contributed by atoms with Gasteiger partial charge in [-0.25, -0.2) is 4.79 Å². The molecule has 1 aromatic carbocycles. The van der Waals surface area contributed by atoms with Crippen molar-refractivity contribution in [2.24, 2.45) is 0 Å². The zero-order valence-corrected chi connectivity index (χ0v) is 11.2. The van der Waals surface area contributed by atoms with E-state index in [4.69, 9.17) is 0 Å². The first-order valence-corrected chi connectivity index (χ1v) is 5.90. The van der Waals surface area contributed by atoms with E-state index in [1.807, 2.05) is 20.8 Å². The van der Waals surface area contributed by atoms with Gasteiger partial charge in [0.1, 0.15) is 0 Å². The summed E-state index contributed by atoms with van der Waals surface area (Å²) < 4.78 is 4.60. The van der Waals surface area contributed by atoms with Crippen LogP contribution < -0.4 is 5.32 Å². The molecule has 0 heterocycles. The summed E-state index contributed by atoms with van der Waals surface area (Å²) in [7, 11) is 1.33. The predicted octanol–water partition coefficient (Wildman–Crippen LogP) is 2.39. The third kappa shape index (κ3) is 3.58. The molecule has 1 aromatic rings. The van der Waals surface area contributed by atoms with E-state index in [-0.39, 0.29) is 11.4 Å². The van der Waals surface area contributed by atoms with Gasteiger partial charge in [-0.05, 0) is 44.5 Å². The van der Waals surface area contributed by atoms with Crippen LogP contribution in [0.2, 0.25) is 0 Å². The Morgan fingerprint density at radius 1 is 1.17 bits per heavy atom. The monoisotopic (exact) mass is 249 g/mol. The van der Waals surface area contributed by atoms with Crippen LogP contribution in [0.4, 0.5) is 0 Å². The van der Waals surface area contributed by atoms with Gasteiger partial charge in [-0.3, -0.25) is 4.79 Å². The Balaban J connectivity index is 2.80. The maximum Gasteiger partial charge on any atom is 0.337 e. The lowest BCUT2D eigenvalue weighted by Gasteiger charge is -2.24. The van der Waals surface area contributed by atoms with Crippen molar-refractivity contribution >= 4 is 11.9 Å². The largest absolute Gasteiger partial charge is 0.465 e. The summed E-state index contributed by atoms with van der Waals surface area (Å²) in [4.78, 5) is 23.2. The van der Waals surface area contributed by atoms with Gasteiger partial charge in [-0.1, -0.05) is 6.92 Å². The van der Waals surface area contributed by atoms with Gasteiger partial charge in [0.25, 0.3) is 5.91 Å². The van der Waals surface area contributed by atoms with Crippen LogP contribution in [0.15, 0.2) is 24.3 Å². The second-order valence-electron chi connectivity index (χ2n) is 4.76. The van der Waals surface area contributed by atoms with E-state index in [0.29, 0.717) is 11.1 Å². The van der Waals surface area contributed by atoms with Crippen LogP contribution >= 0.6 is 0 Å². The Bertz CT molecular complexity index is 435. The van der Waals surface area contributed by atoms with E-state index in [2.05, 4.69) is 10.1 Å². The minimum atomic E-state index is -0.407. The molecule has 0 saturated heterocycles. The van der Waals surface area contributed by atoms with Crippen molar-refractivity contribution < 1.29 is 14.3 Å². The van der Waals surface area contributed by atoms with Crippen LogP contribution in [0, 0.1) is 0 Å². The summed E-state index contributed by atoms with van der Waals surface area (Å²) in [5, 5.41) is 2.93. The Hall–Kier alpha value is -1.84. The Morgan fingerprint density at radius 2 is 1.67 bits per heavy atom. The highest BCUT2D eigenvalue weighted by Crippen LogP contribution is 2.10. The zero-order chi connectivity index (χ0) is 13.8. The molecule has 1 N–H and O–H groups in total. The predicted molar refractivity (Wildman–Crippen MR) is 69.6 cm³/mol. The zero-order valence-electron chi connectivity index (χ0n) is 11.2. The minimum Gasteiger partial charge on any atom is -0.465 e. The molecular formula is C14H19NO3. The Morgan fingerprint density at radius 3 is 2.11 bits per heavy atom. The molecule has 18 heavy (non-hydrogen) atoms. The number of carbonyl (C=O) groups is 2. The summed E-state index contributed by atoms with van der Waals surface area (Å²) in [6.07, 6.45) is 0.846. The van der Waals surface area contributed by atoms with Gasteiger partial charge in [0, 0.05) is 11.1 Å². The first kappa shape index (κ1) is 14.2. The van der Waals surface area contributed by atoms with Gasteiger partial charge >= 0.3 is 5.97 Å². The molecule has 4 nitrogen and oxygen atoms in total. The van der Waals surface area contributed by atoms with E-state index in [1.54, 1.807) is 24.3 Å². The summed E-state index contributed by atoms with van der Waals surface area (Å²) in [6, 6.07) is 6.40. The Labute approximate surface area is 107 Å². The van der Waals surface area contributed by atoms with Gasteiger partial charge in [-0.2, -0.15) is 0 Å². The van der Waals surface area contributed by atoms with E-state index < -0.39 is 5.97 Å². The SMILES string of the molecule is CCC(C)(C)NC(=O)c1ccc(C(=O)OC)cc1.